The largest absolute Gasteiger partial charge is 0.493 e. The molecule has 0 unspecified atom stereocenters. The highest BCUT2D eigenvalue weighted by atomic mass is 19.4. The molecule has 1 atom stereocenters. The second-order valence-corrected chi connectivity index (χ2v) is 7.58. The van der Waals surface area contributed by atoms with Crippen molar-refractivity contribution in [2.45, 2.75) is 24.9 Å². The van der Waals surface area contributed by atoms with E-state index in [2.05, 4.69) is 15.3 Å². The lowest BCUT2D eigenvalue weighted by molar-refractivity contribution is -0.137. The van der Waals surface area contributed by atoms with E-state index in [9.17, 15) is 18.0 Å². The SMILES string of the molecule is Cn1cc(C(=O)N2CC[C@@H](c3cc(CCOc4ccc(C(F)(F)F)cc4)[nH]n3)C2)cn1. The number of aromatic amines is 1. The summed E-state index contributed by atoms with van der Waals surface area (Å²) < 4.78 is 44.9. The lowest BCUT2D eigenvalue weighted by Crippen LogP contribution is -2.28. The summed E-state index contributed by atoms with van der Waals surface area (Å²) in [6.45, 7) is 1.57. The molecule has 1 fully saturated rings. The van der Waals surface area contributed by atoms with Crippen LogP contribution >= 0.6 is 0 Å². The van der Waals surface area contributed by atoms with Gasteiger partial charge in [0, 0.05) is 44.4 Å². The fourth-order valence-corrected chi connectivity index (χ4v) is 3.64. The fraction of sp³-hybridized carbons (Fsp3) is 0.381. The quantitative estimate of drug-likeness (QED) is 0.647. The smallest absolute Gasteiger partial charge is 0.416 e. The Balaban J connectivity index is 1.27. The van der Waals surface area contributed by atoms with Crippen molar-refractivity contribution < 1.29 is 22.7 Å². The average Bonchev–Trinajstić information content (AvgIpc) is 3.48. The molecule has 164 valence electrons. The van der Waals surface area contributed by atoms with Crippen LogP contribution in [-0.4, -0.2) is 50.5 Å². The van der Waals surface area contributed by atoms with Gasteiger partial charge in [0.05, 0.1) is 29.6 Å². The number of aromatic nitrogens is 4. The zero-order valence-electron chi connectivity index (χ0n) is 16.9. The van der Waals surface area contributed by atoms with Gasteiger partial charge in [0.25, 0.3) is 5.91 Å². The first kappa shape index (κ1) is 21.0. The van der Waals surface area contributed by atoms with Crippen molar-refractivity contribution in [1.29, 1.82) is 0 Å². The normalized spacial score (nSPS) is 16.6. The minimum absolute atomic E-state index is 0.0312. The number of nitrogens with one attached hydrogen (secondary N) is 1. The highest BCUT2D eigenvalue weighted by Crippen LogP contribution is 2.30. The van der Waals surface area contributed by atoms with Crippen molar-refractivity contribution >= 4 is 5.91 Å². The summed E-state index contributed by atoms with van der Waals surface area (Å²) in [4.78, 5) is 14.4. The first-order valence-electron chi connectivity index (χ1n) is 9.92. The van der Waals surface area contributed by atoms with E-state index < -0.39 is 11.7 Å². The molecule has 0 saturated carbocycles. The van der Waals surface area contributed by atoms with Crippen molar-refractivity contribution in [3.05, 3.63) is 65.2 Å². The van der Waals surface area contributed by atoms with Crippen LogP contribution in [0.4, 0.5) is 13.2 Å². The number of amides is 1. The predicted octanol–water partition coefficient (Wildman–Crippen LogP) is 3.41. The van der Waals surface area contributed by atoms with Gasteiger partial charge < -0.3 is 9.64 Å². The molecule has 3 aromatic rings. The van der Waals surface area contributed by atoms with Crippen LogP contribution in [0.5, 0.6) is 5.75 Å². The van der Waals surface area contributed by atoms with Crippen molar-refractivity contribution in [3.8, 4) is 5.75 Å². The van der Waals surface area contributed by atoms with Crippen LogP contribution in [0, 0.1) is 0 Å². The maximum Gasteiger partial charge on any atom is 0.416 e. The molecule has 2 aromatic heterocycles. The maximum absolute atomic E-state index is 12.6. The monoisotopic (exact) mass is 433 g/mol. The molecule has 1 saturated heterocycles. The Morgan fingerprint density at radius 2 is 2.06 bits per heavy atom. The van der Waals surface area contributed by atoms with Gasteiger partial charge in [0.1, 0.15) is 5.75 Å². The topological polar surface area (TPSA) is 76.0 Å². The summed E-state index contributed by atoms with van der Waals surface area (Å²) in [5.74, 6) is 0.505. The number of H-pyrrole nitrogens is 1. The van der Waals surface area contributed by atoms with Gasteiger partial charge in [0.2, 0.25) is 0 Å². The number of halogens is 3. The Morgan fingerprint density at radius 3 is 2.74 bits per heavy atom. The molecule has 10 heteroatoms. The Bertz CT molecular complexity index is 1040. The predicted molar refractivity (Wildman–Crippen MR) is 106 cm³/mol. The van der Waals surface area contributed by atoms with E-state index in [4.69, 9.17) is 4.74 Å². The Hall–Kier alpha value is -3.30. The summed E-state index contributed by atoms with van der Waals surface area (Å²) in [6, 6.07) is 6.59. The summed E-state index contributed by atoms with van der Waals surface area (Å²) in [5.41, 5.74) is 1.64. The van der Waals surface area contributed by atoms with E-state index in [1.165, 1.54) is 12.1 Å². The van der Waals surface area contributed by atoms with E-state index in [-0.39, 0.29) is 11.8 Å². The van der Waals surface area contributed by atoms with Gasteiger partial charge in [-0.15, -0.1) is 0 Å². The van der Waals surface area contributed by atoms with Crippen molar-refractivity contribution in [2.24, 2.45) is 7.05 Å². The number of alkyl halides is 3. The Morgan fingerprint density at radius 1 is 1.29 bits per heavy atom. The minimum Gasteiger partial charge on any atom is -0.493 e. The van der Waals surface area contributed by atoms with Gasteiger partial charge in [-0.05, 0) is 36.8 Å². The number of nitrogens with zero attached hydrogens (tertiary/aromatic N) is 4. The van der Waals surface area contributed by atoms with Crippen LogP contribution in [0.1, 0.15) is 39.6 Å². The Labute approximate surface area is 176 Å². The number of hydrogen-bond acceptors (Lipinski definition) is 4. The third-order valence-corrected chi connectivity index (χ3v) is 5.32. The zero-order chi connectivity index (χ0) is 22.0. The van der Waals surface area contributed by atoms with Gasteiger partial charge in [-0.25, -0.2) is 0 Å². The minimum atomic E-state index is -4.36. The molecule has 0 radical (unpaired) electrons. The van der Waals surface area contributed by atoms with E-state index >= 15 is 0 Å². The molecule has 0 bridgehead atoms. The van der Waals surface area contributed by atoms with Crippen LogP contribution in [0.2, 0.25) is 0 Å². The second-order valence-electron chi connectivity index (χ2n) is 7.58. The molecule has 1 aromatic carbocycles. The van der Waals surface area contributed by atoms with Crippen LogP contribution < -0.4 is 4.74 Å². The van der Waals surface area contributed by atoms with Crippen molar-refractivity contribution in [3.63, 3.8) is 0 Å². The van der Waals surface area contributed by atoms with Crippen molar-refractivity contribution in [1.82, 2.24) is 24.9 Å². The molecule has 1 aliphatic heterocycles. The molecule has 1 N–H and O–H groups in total. The van der Waals surface area contributed by atoms with Crippen LogP contribution in [-0.2, 0) is 19.6 Å². The highest BCUT2D eigenvalue weighted by molar-refractivity contribution is 5.94. The van der Waals surface area contributed by atoms with Gasteiger partial charge in [0.15, 0.2) is 0 Å². The highest BCUT2D eigenvalue weighted by Gasteiger charge is 2.31. The van der Waals surface area contributed by atoms with Crippen LogP contribution in [0.25, 0.3) is 0 Å². The number of carbonyl (C=O) groups excluding carboxylic acids is 1. The van der Waals surface area contributed by atoms with E-state index in [1.54, 1.807) is 24.1 Å². The molecule has 4 rings (SSSR count). The van der Waals surface area contributed by atoms with Gasteiger partial charge in [-0.2, -0.15) is 23.4 Å². The second kappa shape index (κ2) is 8.44. The number of aryl methyl sites for hydroxylation is 1. The van der Waals surface area contributed by atoms with Crippen LogP contribution in [0.3, 0.4) is 0 Å². The van der Waals surface area contributed by atoms with Crippen molar-refractivity contribution in [2.75, 3.05) is 19.7 Å². The molecule has 0 spiro atoms. The lowest BCUT2D eigenvalue weighted by Gasteiger charge is -2.14. The molecule has 1 amide bonds. The lowest BCUT2D eigenvalue weighted by atomic mass is 10.0. The first-order chi connectivity index (χ1) is 14.8. The summed E-state index contributed by atoms with van der Waals surface area (Å²) >= 11 is 0. The number of likely N-dealkylation sites (tertiary alicyclic amines) is 1. The first-order valence-corrected chi connectivity index (χ1v) is 9.92. The van der Waals surface area contributed by atoms with E-state index in [0.717, 1.165) is 29.9 Å². The molecule has 0 aliphatic carbocycles. The zero-order valence-corrected chi connectivity index (χ0v) is 16.9. The van der Waals surface area contributed by atoms with E-state index in [0.29, 0.717) is 37.4 Å². The third-order valence-electron chi connectivity index (χ3n) is 5.32. The van der Waals surface area contributed by atoms with Crippen LogP contribution in [0.15, 0.2) is 42.7 Å². The summed E-state index contributed by atoms with van der Waals surface area (Å²) in [6.07, 6.45) is 0.290. The molecule has 3 heterocycles. The van der Waals surface area contributed by atoms with Gasteiger partial charge in [-0.3, -0.25) is 14.6 Å². The average molecular weight is 433 g/mol. The summed E-state index contributed by atoms with van der Waals surface area (Å²) in [5, 5.41) is 11.4. The number of ether oxygens (including phenoxy) is 1. The molecule has 7 nitrogen and oxygen atoms in total. The molecule has 31 heavy (non-hydrogen) atoms. The van der Waals surface area contributed by atoms with Gasteiger partial charge >= 0.3 is 6.18 Å². The Kier molecular flexibility index (Phi) is 5.71. The summed E-state index contributed by atoms with van der Waals surface area (Å²) in [7, 11) is 1.77. The molecule has 1 aliphatic rings. The standard InChI is InChI=1S/C21H22F3N5O2/c1-28-12-15(11-25-28)20(30)29-8-6-14(13-29)19-10-17(26-27-19)7-9-31-18-4-2-16(3-5-18)21(22,23)24/h2-5,10-12,14H,6-9,13H2,1H3,(H,26,27)/t14-/m1/s1. The van der Waals surface area contributed by atoms with Gasteiger partial charge in [-0.1, -0.05) is 0 Å². The molecular weight excluding hydrogens is 411 g/mol. The fourth-order valence-electron chi connectivity index (χ4n) is 3.64. The maximum atomic E-state index is 12.6. The third kappa shape index (κ3) is 4.89. The van der Waals surface area contributed by atoms with E-state index in [1.807, 2.05) is 11.0 Å². The molecular formula is C21H22F3N5O2. The number of rotatable bonds is 6. The number of carbonyl (C=O) groups is 1. The number of benzene rings is 1. The number of hydrogen-bond donors (Lipinski definition) is 1.